The second kappa shape index (κ2) is 6.84. The number of rotatable bonds is 6. The topological polar surface area (TPSA) is 81.3 Å². The number of aryl methyl sites for hydroxylation is 1. The molecule has 1 aromatic carbocycles. The van der Waals surface area contributed by atoms with Crippen molar-refractivity contribution >= 4 is 39.8 Å². The number of ketones is 1. The molecule has 2 heterocycles. The minimum Gasteiger partial charge on any atom is -0.408 e. The molecule has 0 aliphatic heterocycles. The zero-order valence-electron chi connectivity index (χ0n) is 13.1. The quantitative estimate of drug-likeness (QED) is 0.696. The van der Waals surface area contributed by atoms with Gasteiger partial charge in [0.1, 0.15) is 0 Å². The molecule has 0 saturated heterocycles. The summed E-state index contributed by atoms with van der Waals surface area (Å²) >= 11 is 1.41. The summed E-state index contributed by atoms with van der Waals surface area (Å²) in [6.45, 7) is 0. The Kier molecular flexibility index (Phi) is 4.61. The summed E-state index contributed by atoms with van der Waals surface area (Å²) in [6.07, 6.45) is 1.11. The first kappa shape index (κ1) is 16.2. The molecule has 0 atom stereocenters. The number of oxazole rings is 1. The van der Waals surface area contributed by atoms with Gasteiger partial charge in [-0.05, 0) is 36.1 Å². The first-order valence-corrected chi connectivity index (χ1v) is 8.39. The van der Waals surface area contributed by atoms with E-state index >= 15 is 0 Å². The van der Waals surface area contributed by atoms with Gasteiger partial charge in [0.25, 0.3) is 0 Å². The number of anilines is 1. The van der Waals surface area contributed by atoms with E-state index in [1.54, 1.807) is 31.3 Å². The van der Waals surface area contributed by atoms with Gasteiger partial charge < -0.3 is 9.73 Å². The van der Waals surface area contributed by atoms with Crippen molar-refractivity contribution in [3.05, 3.63) is 51.1 Å². The van der Waals surface area contributed by atoms with Crippen molar-refractivity contribution < 1.29 is 14.0 Å². The molecular weight excluding hydrogens is 328 g/mol. The maximum atomic E-state index is 12.0. The SMILES string of the molecule is Cn1c(=O)oc2ccc(NC(=O)CCCC(=O)c3cccs3)cc21. The van der Waals surface area contributed by atoms with Crippen molar-refractivity contribution in [3.63, 3.8) is 0 Å². The van der Waals surface area contributed by atoms with Crippen molar-refractivity contribution in [2.45, 2.75) is 19.3 Å². The summed E-state index contributed by atoms with van der Waals surface area (Å²) in [7, 11) is 1.61. The predicted molar refractivity (Wildman–Crippen MR) is 92.6 cm³/mol. The van der Waals surface area contributed by atoms with E-state index in [1.165, 1.54) is 15.9 Å². The Morgan fingerprint density at radius 2 is 2.08 bits per heavy atom. The summed E-state index contributed by atoms with van der Waals surface area (Å²) in [5.74, 6) is -0.546. The number of hydrogen-bond acceptors (Lipinski definition) is 5. The van der Waals surface area contributed by atoms with Crippen molar-refractivity contribution in [2.75, 3.05) is 5.32 Å². The lowest BCUT2D eigenvalue weighted by molar-refractivity contribution is -0.116. The van der Waals surface area contributed by atoms with E-state index in [4.69, 9.17) is 4.42 Å². The van der Waals surface area contributed by atoms with E-state index in [-0.39, 0.29) is 18.1 Å². The largest absolute Gasteiger partial charge is 0.419 e. The first-order chi connectivity index (χ1) is 11.5. The normalized spacial score (nSPS) is 10.9. The fourth-order valence-electron chi connectivity index (χ4n) is 2.40. The van der Waals surface area contributed by atoms with E-state index in [0.29, 0.717) is 29.6 Å². The highest BCUT2D eigenvalue weighted by Crippen LogP contribution is 2.18. The Hall–Kier alpha value is -2.67. The van der Waals surface area contributed by atoms with E-state index in [2.05, 4.69) is 5.32 Å². The Morgan fingerprint density at radius 3 is 2.83 bits per heavy atom. The second-order valence-electron chi connectivity index (χ2n) is 5.41. The number of benzene rings is 1. The van der Waals surface area contributed by atoms with Crippen LogP contribution in [0.3, 0.4) is 0 Å². The Bertz CT molecular complexity index is 937. The van der Waals surface area contributed by atoms with Gasteiger partial charge in [-0.15, -0.1) is 11.3 Å². The van der Waals surface area contributed by atoms with Crippen LogP contribution in [0, 0.1) is 0 Å². The van der Waals surface area contributed by atoms with E-state index in [0.717, 1.165) is 4.88 Å². The average molecular weight is 344 g/mol. The monoisotopic (exact) mass is 344 g/mol. The maximum absolute atomic E-state index is 12.0. The molecule has 124 valence electrons. The molecule has 0 radical (unpaired) electrons. The molecule has 0 spiro atoms. The fraction of sp³-hybridized carbons (Fsp3) is 0.235. The van der Waals surface area contributed by atoms with Crippen LogP contribution in [-0.4, -0.2) is 16.3 Å². The number of fused-ring (bicyclic) bond motifs is 1. The molecule has 1 N–H and O–H groups in total. The van der Waals surface area contributed by atoms with Gasteiger partial charge in [-0.1, -0.05) is 6.07 Å². The van der Waals surface area contributed by atoms with Gasteiger partial charge in [0.05, 0.1) is 10.4 Å². The zero-order valence-corrected chi connectivity index (χ0v) is 13.9. The van der Waals surface area contributed by atoms with Crippen LogP contribution in [0.4, 0.5) is 5.69 Å². The smallest absolute Gasteiger partial charge is 0.408 e. The number of carbonyl (C=O) groups is 2. The molecule has 7 heteroatoms. The van der Waals surface area contributed by atoms with Crippen LogP contribution in [0.25, 0.3) is 11.1 Å². The molecule has 6 nitrogen and oxygen atoms in total. The highest BCUT2D eigenvalue weighted by Gasteiger charge is 2.10. The standard InChI is InChI=1S/C17H16N2O4S/c1-19-12-10-11(7-8-14(12)23-17(19)22)18-16(21)6-2-4-13(20)15-5-3-9-24-15/h3,5,7-10H,2,4,6H2,1H3,(H,18,21). The van der Waals surface area contributed by atoms with E-state index in [9.17, 15) is 14.4 Å². The van der Waals surface area contributed by atoms with Crippen LogP contribution in [0.15, 0.2) is 44.9 Å². The minimum atomic E-state index is -0.444. The van der Waals surface area contributed by atoms with E-state index in [1.807, 2.05) is 11.4 Å². The lowest BCUT2D eigenvalue weighted by Crippen LogP contribution is -2.12. The summed E-state index contributed by atoms with van der Waals surface area (Å²) in [6, 6.07) is 8.64. The summed E-state index contributed by atoms with van der Waals surface area (Å²) in [5.41, 5.74) is 1.68. The molecule has 0 bridgehead atoms. The molecule has 3 aromatic rings. The van der Waals surface area contributed by atoms with Gasteiger partial charge in [0.15, 0.2) is 11.4 Å². The van der Waals surface area contributed by atoms with Gasteiger partial charge in [0, 0.05) is 25.6 Å². The second-order valence-corrected chi connectivity index (χ2v) is 6.36. The number of Topliss-reactive ketones (excluding diaryl/α,β-unsaturated/α-hetero) is 1. The number of amides is 1. The molecule has 0 aliphatic rings. The Morgan fingerprint density at radius 1 is 1.25 bits per heavy atom. The van der Waals surface area contributed by atoms with Gasteiger partial charge in [-0.25, -0.2) is 4.79 Å². The van der Waals surface area contributed by atoms with Crippen molar-refractivity contribution in [3.8, 4) is 0 Å². The molecule has 2 aromatic heterocycles. The highest BCUT2D eigenvalue weighted by atomic mass is 32.1. The number of hydrogen-bond donors (Lipinski definition) is 1. The molecular formula is C17H16N2O4S. The van der Waals surface area contributed by atoms with Crippen LogP contribution in [0.5, 0.6) is 0 Å². The molecule has 0 unspecified atom stereocenters. The molecule has 0 fully saturated rings. The number of nitrogens with one attached hydrogen (secondary N) is 1. The molecule has 0 saturated carbocycles. The summed E-state index contributed by atoms with van der Waals surface area (Å²) in [5, 5.41) is 4.63. The van der Waals surface area contributed by atoms with Crippen LogP contribution in [0.2, 0.25) is 0 Å². The maximum Gasteiger partial charge on any atom is 0.419 e. The summed E-state index contributed by atoms with van der Waals surface area (Å²) in [4.78, 5) is 36.0. The molecule has 1 amide bonds. The third-order valence-corrected chi connectivity index (χ3v) is 4.59. The highest BCUT2D eigenvalue weighted by molar-refractivity contribution is 7.12. The predicted octanol–water partition coefficient (Wildman–Crippen LogP) is 3.18. The van der Waals surface area contributed by atoms with Gasteiger partial charge in [-0.3, -0.25) is 14.2 Å². The third kappa shape index (κ3) is 3.46. The first-order valence-electron chi connectivity index (χ1n) is 7.51. The number of nitrogens with zero attached hydrogens (tertiary/aromatic N) is 1. The average Bonchev–Trinajstić information content (AvgIpc) is 3.18. The molecule has 0 aliphatic carbocycles. The van der Waals surface area contributed by atoms with Gasteiger partial charge in [-0.2, -0.15) is 0 Å². The van der Waals surface area contributed by atoms with Crippen molar-refractivity contribution in [1.29, 1.82) is 0 Å². The lowest BCUT2D eigenvalue weighted by Gasteiger charge is -2.05. The number of aromatic nitrogens is 1. The summed E-state index contributed by atoms with van der Waals surface area (Å²) < 4.78 is 6.42. The van der Waals surface area contributed by atoms with Crippen LogP contribution >= 0.6 is 11.3 Å². The van der Waals surface area contributed by atoms with Crippen LogP contribution < -0.4 is 11.1 Å². The third-order valence-electron chi connectivity index (χ3n) is 3.68. The lowest BCUT2D eigenvalue weighted by atomic mass is 10.1. The fourth-order valence-corrected chi connectivity index (χ4v) is 3.09. The Balaban J connectivity index is 1.56. The van der Waals surface area contributed by atoms with Crippen LogP contribution in [-0.2, 0) is 11.8 Å². The molecule has 24 heavy (non-hydrogen) atoms. The minimum absolute atomic E-state index is 0.0626. The number of thiophene rings is 1. The van der Waals surface area contributed by atoms with Crippen LogP contribution in [0.1, 0.15) is 28.9 Å². The Labute approximate surface area is 141 Å². The zero-order chi connectivity index (χ0) is 17.1. The van der Waals surface area contributed by atoms with E-state index < -0.39 is 5.76 Å². The number of carbonyl (C=O) groups excluding carboxylic acids is 2. The van der Waals surface area contributed by atoms with Crippen molar-refractivity contribution in [2.24, 2.45) is 7.05 Å². The van der Waals surface area contributed by atoms with Gasteiger partial charge in [0.2, 0.25) is 5.91 Å². The van der Waals surface area contributed by atoms with Gasteiger partial charge >= 0.3 is 5.76 Å². The van der Waals surface area contributed by atoms with Crippen molar-refractivity contribution in [1.82, 2.24) is 4.57 Å². The molecule has 3 rings (SSSR count).